The summed E-state index contributed by atoms with van der Waals surface area (Å²) in [5.74, 6) is 0. The van der Waals surface area contributed by atoms with E-state index in [1.807, 2.05) is 12.1 Å². The Bertz CT molecular complexity index is 925. The summed E-state index contributed by atoms with van der Waals surface area (Å²) in [7, 11) is 0. The van der Waals surface area contributed by atoms with E-state index in [1.54, 1.807) is 24.3 Å². The van der Waals surface area contributed by atoms with E-state index in [-0.39, 0.29) is 5.41 Å². The molecule has 0 fully saturated rings. The molecule has 0 aliphatic carbocycles. The molecule has 2 aromatic carbocycles. The SMILES string of the molecule is CC(C)(C)c1ccc(-c2cc(C(=O)Cl)c3cc(Cl)ccc3n2)cc1. The maximum absolute atomic E-state index is 11.8. The molecule has 0 aliphatic heterocycles. The van der Waals surface area contributed by atoms with Crippen LogP contribution in [0.4, 0.5) is 0 Å². The molecule has 3 rings (SSSR count). The van der Waals surface area contributed by atoms with Crippen LogP contribution in [0.5, 0.6) is 0 Å². The topological polar surface area (TPSA) is 30.0 Å². The van der Waals surface area contributed by atoms with E-state index in [2.05, 4.69) is 37.9 Å². The monoisotopic (exact) mass is 357 g/mol. The Labute approximate surface area is 151 Å². The first-order chi connectivity index (χ1) is 11.3. The summed E-state index contributed by atoms with van der Waals surface area (Å²) in [6.07, 6.45) is 0. The summed E-state index contributed by atoms with van der Waals surface area (Å²) >= 11 is 11.8. The summed E-state index contributed by atoms with van der Waals surface area (Å²) in [5, 5.41) is 0.695. The van der Waals surface area contributed by atoms with Gasteiger partial charge in [-0.3, -0.25) is 4.79 Å². The predicted octanol–water partition coefficient (Wildman–Crippen LogP) is 6.23. The zero-order chi connectivity index (χ0) is 17.5. The molecule has 2 nitrogen and oxygen atoms in total. The number of pyridine rings is 1. The molecule has 0 amide bonds. The zero-order valence-electron chi connectivity index (χ0n) is 13.7. The van der Waals surface area contributed by atoms with Gasteiger partial charge in [-0.2, -0.15) is 0 Å². The van der Waals surface area contributed by atoms with Crippen LogP contribution in [0.1, 0.15) is 36.7 Å². The van der Waals surface area contributed by atoms with Crippen molar-refractivity contribution in [3.8, 4) is 11.3 Å². The molecule has 122 valence electrons. The van der Waals surface area contributed by atoms with E-state index >= 15 is 0 Å². The predicted molar refractivity (Wildman–Crippen MR) is 101 cm³/mol. The highest BCUT2D eigenvalue weighted by Gasteiger charge is 2.15. The van der Waals surface area contributed by atoms with Gasteiger partial charge in [-0.1, -0.05) is 56.6 Å². The second-order valence-corrected chi connectivity index (χ2v) is 7.60. The number of halogens is 2. The summed E-state index contributed by atoms with van der Waals surface area (Å²) in [5.41, 5.74) is 4.10. The number of hydrogen-bond donors (Lipinski definition) is 0. The zero-order valence-corrected chi connectivity index (χ0v) is 15.2. The van der Waals surface area contributed by atoms with Gasteiger partial charge in [-0.15, -0.1) is 0 Å². The molecule has 0 aliphatic rings. The molecule has 1 heterocycles. The van der Waals surface area contributed by atoms with Gasteiger partial charge in [-0.25, -0.2) is 4.98 Å². The van der Waals surface area contributed by atoms with Crippen molar-refractivity contribution in [2.24, 2.45) is 0 Å². The summed E-state index contributed by atoms with van der Waals surface area (Å²) in [4.78, 5) is 16.5. The molecular formula is C20H17Cl2NO. The quantitative estimate of drug-likeness (QED) is 0.508. The highest BCUT2D eigenvalue weighted by atomic mass is 35.5. The molecular weight excluding hydrogens is 341 g/mol. The number of carbonyl (C=O) groups excluding carboxylic acids is 1. The molecule has 0 bridgehead atoms. The summed E-state index contributed by atoms with van der Waals surface area (Å²) in [6, 6.07) is 15.2. The number of nitrogens with zero attached hydrogens (tertiary/aromatic N) is 1. The van der Waals surface area contributed by atoms with Crippen molar-refractivity contribution in [2.75, 3.05) is 0 Å². The molecule has 0 saturated heterocycles. The molecule has 0 unspecified atom stereocenters. The van der Waals surface area contributed by atoms with Crippen molar-refractivity contribution in [1.29, 1.82) is 0 Å². The van der Waals surface area contributed by atoms with Crippen LogP contribution < -0.4 is 0 Å². The lowest BCUT2D eigenvalue weighted by atomic mass is 9.86. The van der Waals surface area contributed by atoms with Crippen LogP contribution >= 0.6 is 23.2 Å². The largest absolute Gasteiger partial charge is 0.276 e. The third-order valence-corrected chi connectivity index (χ3v) is 4.47. The van der Waals surface area contributed by atoms with Crippen LogP contribution in [0.25, 0.3) is 22.2 Å². The lowest BCUT2D eigenvalue weighted by Crippen LogP contribution is -2.10. The number of benzene rings is 2. The Hall–Kier alpha value is -1.90. The van der Waals surface area contributed by atoms with Crippen molar-refractivity contribution < 1.29 is 4.79 Å². The fraction of sp³-hybridized carbons (Fsp3) is 0.200. The van der Waals surface area contributed by atoms with Crippen LogP contribution in [-0.2, 0) is 5.41 Å². The van der Waals surface area contributed by atoms with Crippen molar-refractivity contribution in [1.82, 2.24) is 4.98 Å². The fourth-order valence-electron chi connectivity index (χ4n) is 2.65. The third kappa shape index (κ3) is 3.31. The average molecular weight is 358 g/mol. The highest BCUT2D eigenvalue weighted by Crippen LogP contribution is 2.29. The fourth-order valence-corrected chi connectivity index (χ4v) is 2.98. The van der Waals surface area contributed by atoms with E-state index < -0.39 is 5.24 Å². The van der Waals surface area contributed by atoms with Gasteiger partial charge in [0.05, 0.1) is 11.2 Å². The van der Waals surface area contributed by atoms with Gasteiger partial charge in [0, 0.05) is 21.5 Å². The third-order valence-electron chi connectivity index (χ3n) is 4.03. The molecule has 0 N–H and O–H groups in total. The van der Waals surface area contributed by atoms with E-state index in [0.29, 0.717) is 27.2 Å². The van der Waals surface area contributed by atoms with Gasteiger partial charge in [-0.05, 0) is 46.8 Å². The van der Waals surface area contributed by atoms with Gasteiger partial charge in [0.25, 0.3) is 5.24 Å². The van der Waals surface area contributed by atoms with Crippen LogP contribution in [0.15, 0.2) is 48.5 Å². The second kappa shape index (κ2) is 6.19. The lowest BCUT2D eigenvalue weighted by Gasteiger charge is -2.19. The van der Waals surface area contributed by atoms with Crippen LogP contribution in [0.3, 0.4) is 0 Å². The Kier molecular flexibility index (Phi) is 4.37. The molecule has 0 radical (unpaired) electrons. The molecule has 24 heavy (non-hydrogen) atoms. The van der Waals surface area contributed by atoms with Crippen LogP contribution in [0.2, 0.25) is 5.02 Å². The van der Waals surface area contributed by atoms with Gasteiger partial charge >= 0.3 is 0 Å². The van der Waals surface area contributed by atoms with Crippen LogP contribution in [0, 0.1) is 0 Å². The van der Waals surface area contributed by atoms with Gasteiger partial charge in [0.1, 0.15) is 0 Å². The van der Waals surface area contributed by atoms with Crippen molar-refractivity contribution in [3.05, 3.63) is 64.7 Å². The Morgan fingerprint density at radius 3 is 2.25 bits per heavy atom. The number of aromatic nitrogens is 1. The van der Waals surface area contributed by atoms with Crippen LogP contribution in [-0.4, -0.2) is 10.2 Å². The molecule has 0 spiro atoms. The second-order valence-electron chi connectivity index (χ2n) is 6.82. The molecule has 4 heteroatoms. The molecule has 3 aromatic rings. The van der Waals surface area contributed by atoms with Crippen molar-refractivity contribution in [2.45, 2.75) is 26.2 Å². The first kappa shape index (κ1) is 16.9. The molecule has 0 atom stereocenters. The Balaban J connectivity index is 2.16. The minimum absolute atomic E-state index is 0.0867. The van der Waals surface area contributed by atoms with Gasteiger partial charge < -0.3 is 0 Å². The van der Waals surface area contributed by atoms with Crippen molar-refractivity contribution in [3.63, 3.8) is 0 Å². The van der Waals surface area contributed by atoms with Crippen molar-refractivity contribution >= 4 is 39.3 Å². The Morgan fingerprint density at radius 2 is 1.67 bits per heavy atom. The number of rotatable bonds is 2. The number of fused-ring (bicyclic) bond motifs is 1. The van der Waals surface area contributed by atoms with Gasteiger partial charge in [0.15, 0.2) is 0 Å². The minimum Gasteiger partial charge on any atom is -0.276 e. The smallest absolute Gasteiger partial charge is 0.253 e. The number of carbonyl (C=O) groups is 1. The maximum atomic E-state index is 11.8. The molecule has 0 saturated carbocycles. The first-order valence-corrected chi connectivity index (χ1v) is 8.42. The Morgan fingerprint density at radius 1 is 1.00 bits per heavy atom. The normalized spacial score (nSPS) is 11.7. The van der Waals surface area contributed by atoms with E-state index in [0.717, 1.165) is 5.56 Å². The van der Waals surface area contributed by atoms with E-state index in [9.17, 15) is 4.79 Å². The minimum atomic E-state index is -0.516. The summed E-state index contributed by atoms with van der Waals surface area (Å²) < 4.78 is 0. The first-order valence-electron chi connectivity index (χ1n) is 7.67. The maximum Gasteiger partial charge on any atom is 0.253 e. The number of hydrogen-bond acceptors (Lipinski definition) is 2. The average Bonchev–Trinajstić information content (AvgIpc) is 2.53. The highest BCUT2D eigenvalue weighted by molar-refractivity contribution is 6.68. The standard InChI is InChI=1S/C20H17Cl2NO/c1-20(2,3)13-6-4-12(5-7-13)18-11-16(19(22)24)15-10-14(21)8-9-17(15)23-18/h4-11H,1-3H3. The van der Waals surface area contributed by atoms with E-state index in [4.69, 9.17) is 23.2 Å². The van der Waals surface area contributed by atoms with Gasteiger partial charge in [0.2, 0.25) is 0 Å². The van der Waals surface area contributed by atoms with E-state index in [1.165, 1.54) is 5.56 Å². The molecule has 1 aromatic heterocycles. The summed E-state index contributed by atoms with van der Waals surface area (Å²) in [6.45, 7) is 6.51. The lowest BCUT2D eigenvalue weighted by molar-refractivity contribution is 0.108.